The topological polar surface area (TPSA) is 62.7 Å². The molecular weight excluding hydrogens is 477 g/mol. The molecule has 31 heavy (non-hydrogen) atoms. The van der Waals surface area contributed by atoms with Gasteiger partial charge in [0, 0.05) is 43.0 Å². The number of ether oxygens (including phenoxy) is 1. The van der Waals surface area contributed by atoms with Gasteiger partial charge in [-0.1, -0.05) is 35.3 Å². The third-order valence-corrected chi connectivity index (χ3v) is 8.64. The Balaban J connectivity index is 1.42. The van der Waals surface area contributed by atoms with E-state index in [2.05, 4.69) is 4.90 Å². The lowest BCUT2D eigenvalue weighted by Crippen LogP contribution is -2.48. The number of rotatable bonds is 6. The third-order valence-electron chi connectivity index (χ3n) is 5.08. The van der Waals surface area contributed by atoms with Crippen molar-refractivity contribution in [1.82, 2.24) is 9.29 Å². The minimum atomic E-state index is -3.70. The Morgan fingerprint density at radius 1 is 1.10 bits per heavy atom. The highest BCUT2D eigenvalue weighted by molar-refractivity contribution is 7.89. The molecule has 4 rings (SSSR count). The second-order valence-electron chi connectivity index (χ2n) is 7.12. The number of methoxy groups -OCH3 is 1. The van der Waals surface area contributed by atoms with Gasteiger partial charge in [-0.3, -0.25) is 0 Å². The summed E-state index contributed by atoms with van der Waals surface area (Å²) in [4.78, 5) is 6.92. The fraction of sp³-hybridized carbons (Fsp3) is 0.286. The Kier molecular flexibility index (Phi) is 6.74. The Morgan fingerprint density at radius 3 is 2.61 bits per heavy atom. The maximum absolute atomic E-state index is 13.0. The van der Waals surface area contributed by atoms with Crippen LogP contribution >= 0.6 is 34.5 Å². The summed E-state index contributed by atoms with van der Waals surface area (Å²) in [5.74, 6) is 0.824. The number of sulfonamides is 1. The Bertz CT molecular complexity index is 1180. The summed E-state index contributed by atoms with van der Waals surface area (Å²) in [6.45, 7) is 1.83. The number of piperazine rings is 1. The largest absolute Gasteiger partial charge is 0.497 e. The molecule has 3 aromatic rings. The molecule has 10 heteroatoms. The van der Waals surface area contributed by atoms with Crippen LogP contribution < -0.4 is 9.64 Å². The van der Waals surface area contributed by atoms with Gasteiger partial charge in [0.15, 0.2) is 5.13 Å². The zero-order valence-electron chi connectivity index (χ0n) is 16.8. The molecule has 164 valence electrons. The normalized spacial score (nSPS) is 15.3. The molecule has 0 amide bonds. The highest BCUT2D eigenvalue weighted by atomic mass is 35.5. The fourth-order valence-electron chi connectivity index (χ4n) is 3.45. The Morgan fingerprint density at radius 2 is 1.87 bits per heavy atom. The minimum Gasteiger partial charge on any atom is -0.497 e. The SMILES string of the molecule is COc1cccc(Cc2csc(N3CCN(S(=O)(=O)c4cc(Cl)ccc4Cl)CC3)n2)c1. The molecule has 0 unspecified atom stereocenters. The summed E-state index contributed by atoms with van der Waals surface area (Å²) in [5, 5.41) is 3.46. The summed E-state index contributed by atoms with van der Waals surface area (Å²) in [7, 11) is -2.05. The first kappa shape index (κ1) is 22.4. The molecule has 0 saturated carbocycles. The molecule has 0 N–H and O–H groups in total. The number of aromatic nitrogens is 1. The third kappa shape index (κ3) is 4.99. The van der Waals surface area contributed by atoms with Gasteiger partial charge in [0.05, 0.1) is 17.8 Å². The molecule has 1 fully saturated rings. The zero-order valence-corrected chi connectivity index (χ0v) is 19.9. The van der Waals surface area contributed by atoms with Gasteiger partial charge in [-0.2, -0.15) is 4.31 Å². The summed E-state index contributed by atoms with van der Waals surface area (Å²) in [5.41, 5.74) is 2.11. The first-order valence-corrected chi connectivity index (χ1v) is 12.7. The van der Waals surface area contributed by atoms with E-state index in [1.165, 1.54) is 16.4 Å². The second kappa shape index (κ2) is 9.34. The maximum Gasteiger partial charge on any atom is 0.244 e. The zero-order chi connectivity index (χ0) is 22.0. The van der Waals surface area contributed by atoms with Crippen molar-refractivity contribution in [3.63, 3.8) is 0 Å². The van der Waals surface area contributed by atoms with E-state index >= 15 is 0 Å². The van der Waals surface area contributed by atoms with Crippen LogP contribution in [0.15, 0.2) is 52.7 Å². The van der Waals surface area contributed by atoms with Crippen molar-refractivity contribution in [2.24, 2.45) is 0 Å². The monoisotopic (exact) mass is 497 g/mol. The number of hydrogen-bond acceptors (Lipinski definition) is 6. The van der Waals surface area contributed by atoms with Crippen LogP contribution in [0.4, 0.5) is 5.13 Å². The van der Waals surface area contributed by atoms with Crippen LogP contribution in [0.5, 0.6) is 5.75 Å². The van der Waals surface area contributed by atoms with E-state index in [1.807, 2.05) is 29.6 Å². The number of thiazole rings is 1. The predicted molar refractivity (Wildman–Crippen MR) is 125 cm³/mol. The summed E-state index contributed by atoms with van der Waals surface area (Å²) < 4.78 is 32.7. The van der Waals surface area contributed by atoms with E-state index in [4.69, 9.17) is 32.9 Å². The molecule has 0 radical (unpaired) electrons. The van der Waals surface area contributed by atoms with E-state index in [0.717, 1.165) is 28.6 Å². The molecule has 1 aliphatic rings. The standard InChI is InChI=1S/C21H21Cl2N3O3S2/c1-29-18-4-2-3-15(12-18)11-17-14-30-21(24-17)25-7-9-26(10-8-25)31(27,28)20-13-16(22)5-6-19(20)23/h2-6,12-14H,7-11H2,1H3. The number of anilines is 1. The van der Waals surface area contributed by atoms with Crippen LogP contribution in [0.25, 0.3) is 0 Å². The molecule has 6 nitrogen and oxygen atoms in total. The first-order valence-electron chi connectivity index (χ1n) is 9.64. The van der Waals surface area contributed by atoms with Gasteiger partial charge < -0.3 is 9.64 Å². The molecule has 1 saturated heterocycles. The molecule has 0 bridgehead atoms. The van der Waals surface area contributed by atoms with Crippen LogP contribution in [-0.2, 0) is 16.4 Å². The fourth-order valence-corrected chi connectivity index (χ4v) is 6.49. The summed E-state index contributed by atoms with van der Waals surface area (Å²) in [6, 6.07) is 12.4. The molecule has 1 aliphatic heterocycles. The van der Waals surface area contributed by atoms with E-state index in [0.29, 0.717) is 31.2 Å². The smallest absolute Gasteiger partial charge is 0.244 e. The highest BCUT2D eigenvalue weighted by Crippen LogP contribution is 2.30. The van der Waals surface area contributed by atoms with E-state index in [1.54, 1.807) is 24.5 Å². The van der Waals surface area contributed by atoms with Gasteiger partial charge in [0.2, 0.25) is 10.0 Å². The van der Waals surface area contributed by atoms with Crippen molar-refractivity contribution in [2.75, 3.05) is 38.2 Å². The quantitative estimate of drug-likeness (QED) is 0.499. The van der Waals surface area contributed by atoms with Crippen LogP contribution in [0.3, 0.4) is 0 Å². The lowest BCUT2D eigenvalue weighted by molar-refractivity contribution is 0.384. The lowest BCUT2D eigenvalue weighted by atomic mass is 10.1. The van der Waals surface area contributed by atoms with Crippen molar-refractivity contribution < 1.29 is 13.2 Å². The van der Waals surface area contributed by atoms with Crippen LogP contribution in [-0.4, -0.2) is 51.0 Å². The number of nitrogens with zero attached hydrogens (tertiary/aromatic N) is 3. The molecular formula is C21H21Cl2N3O3S2. The van der Waals surface area contributed by atoms with Gasteiger partial charge in [-0.05, 0) is 35.9 Å². The molecule has 0 aliphatic carbocycles. The van der Waals surface area contributed by atoms with Crippen molar-refractivity contribution in [3.05, 3.63) is 69.1 Å². The number of halogens is 2. The lowest BCUT2D eigenvalue weighted by Gasteiger charge is -2.34. The minimum absolute atomic E-state index is 0.0462. The van der Waals surface area contributed by atoms with Crippen LogP contribution in [0.1, 0.15) is 11.3 Å². The number of hydrogen-bond donors (Lipinski definition) is 0. The molecule has 0 spiro atoms. The van der Waals surface area contributed by atoms with Crippen molar-refractivity contribution in [1.29, 1.82) is 0 Å². The first-order chi connectivity index (χ1) is 14.9. The summed E-state index contributed by atoms with van der Waals surface area (Å²) in [6.07, 6.45) is 0.718. The van der Waals surface area contributed by atoms with E-state index in [-0.39, 0.29) is 9.92 Å². The van der Waals surface area contributed by atoms with E-state index in [9.17, 15) is 8.42 Å². The van der Waals surface area contributed by atoms with Crippen molar-refractivity contribution >= 4 is 49.7 Å². The van der Waals surface area contributed by atoms with Crippen LogP contribution in [0.2, 0.25) is 10.0 Å². The summed E-state index contributed by atoms with van der Waals surface area (Å²) >= 11 is 13.7. The Labute approximate surface area is 196 Å². The van der Waals surface area contributed by atoms with Gasteiger partial charge in [-0.15, -0.1) is 11.3 Å². The predicted octanol–water partition coefficient (Wildman–Crippen LogP) is 4.56. The second-order valence-corrected chi connectivity index (χ2v) is 10.7. The Hall–Kier alpha value is -1.84. The van der Waals surface area contributed by atoms with Crippen LogP contribution in [0, 0.1) is 0 Å². The van der Waals surface area contributed by atoms with E-state index < -0.39 is 10.0 Å². The van der Waals surface area contributed by atoms with Gasteiger partial charge >= 0.3 is 0 Å². The number of benzene rings is 2. The van der Waals surface area contributed by atoms with Gasteiger partial charge in [0.25, 0.3) is 0 Å². The van der Waals surface area contributed by atoms with Gasteiger partial charge in [-0.25, -0.2) is 13.4 Å². The molecule has 2 aromatic carbocycles. The highest BCUT2D eigenvalue weighted by Gasteiger charge is 2.31. The maximum atomic E-state index is 13.0. The van der Waals surface area contributed by atoms with Crippen molar-refractivity contribution in [2.45, 2.75) is 11.3 Å². The molecule has 2 heterocycles. The van der Waals surface area contributed by atoms with Crippen molar-refractivity contribution in [3.8, 4) is 5.75 Å². The average molecular weight is 498 g/mol. The van der Waals surface area contributed by atoms with Gasteiger partial charge in [0.1, 0.15) is 10.6 Å². The average Bonchev–Trinajstić information content (AvgIpc) is 3.24. The molecule has 0 atom stereocenters. The molecule has 1 aromatic heterocycles.